The third-order valence-corrected chi connectivity index (χ3v) is 3.36. The van der Waals surface area contributed by atoms with E-state index in [-0.39, 0.29) is 11.0 Å². The second-order valence-electron chi connectivity index (χ2n) is 4.88. The van der Waals surface area contributed by atoms with E-state index in [9.17, 15) is 0 Å². The number of likely N-dealkylation sites (tertiary alicyclic amines) is 1. The van der Waals surface area contributed by atoms with Crippen molar-refractivity contribution in [2.24, 2.45) is 0 Å². The normalized spacial score (nSPS) is 19.5. The van der Waals surface area contributed by atoms with E-state index in [1.54, 1.807) is 0 Å². The van der Waals surface area contributed by atoms with Crippen LogP contribution in [0.25, 0.3) is 0 Å². The van der Waals surface area contributed by atoms with Gasteiger partial charge in [-0.2, -0.15) is 0 Å². The molecule has 0 unspecified atom stereocenters. The van der Waals surface area contributed by atoms with Gasteiger partial charge in [0.1, 0.15) is 0 Å². The Morgan fingerprint density at radius 1 is 1.22 bits per heavy atom. The van der Waals surface area contributed by atoms with E-state index in [0.717, 1.165) is 12.0 Å². The molecule has 0 aromatic heterocycles. The molecule has 0 saturated carbocycles. The number of hydrogen-bond donors (Lipinski definition) is 0. The van der Waals surface area contributed by atoms with Crippen molar-refractivity contribution < 1.29 is 11.0 Å². The van der Waals surface area contributed by atoms with Gasteiger partial charge in [-0.3, -0.25) is 0 Å². The molecule has 0 amide bonds. The van der Waals surface area contributed by atoms with E-state index < -0.39 is 0 Å². The zero-order chi connectivity index (χ0) is 11.5. The van der Waals surface area contributed by atoms with Crippen LogP contribution in [0, 0.1) is 0 Å². The van der Waals surface area contributed by atoms with Crippen LogP contribution in [0.5, 0.6) is 0 Å². The molecule has 1 atom stereocenters. The fraction of sp³-hybridized carbons (Fsp3) is 0.538. The summed E-state index contributed by atoms with van der Waals surface area (Å²) >= 11 is 0. The number of likely N-dealkylation sites (N-methyl/N-ethyl adjacent to an activating group) is 1. The van der Waals surface area contributed by atoms with E-state index >= 15 is 0 Å². The average molecular weight is 248 g/mol. The van der Waals surface area contributed by atoms with Gasteiger partial charge in [0.2, 0.25) is 0 Å². The molecule has 2 N–H and O–H groups in total. The van der Waals surface area contributed by atoms with Crippen LogP contribution in [0.1, 0.15) is 12.0 Å². The SMILES string of the molecule is [B+2]c1ccc(CN2CC[C@H](N(C)C)C2)cc1.[OH-].[OH-]. The summed E-state index contributed by atoms with van der Waals surface area (Å²) in [6.45, 7) is 3.43. The summed E-state index contributed by atoms with van der Waals surface area (Å²) in [5.41, 5.74) is 2.20. The Balaban J connectivity index is 0.00000144. The van der Waals surface area contributed by atoms with Gasteiger partial charge < -0.3 is 11.0 Å². The Morgan fingerprint density at radius 3 is 2.33 bits per heavy atom. The average Bonchev–Trinajstić information content (AvgIpc) is 2.70. The first-order valence-electron chi connectivity index (χ1n) is 5.88. The summed E-state index contributed by atoms with van der Waals surface area (Å²) in [5, 5.41) is 0. The second-order valence-corrected chi connectivity index (χ2v) is 4.88. The molecule has 1 saturated heterocycles. The topological polar surface area (TPSA) is 66.5 Å². The van der Waals surface area contributed by atoms with Gasteiger partial charge in [-0.05, 0) is 0 Å². The first kappa shape index (κ1) is 17.1. The number of hydrogen-bond acceptors (Lipinski definition) is 4. The first-order valence-corrected chi connectivity index (χ1v) is 5.88. The van der Waals surface area contributed by atoms with E-state index in [1.165, 1.54) is 25.1 Å². The molecule has 1 aromatic carbocycles. The van der Waals surface area contributed by atoms with Crippen LogP contribution in [0.4, 0.5) is 0 Å². The van der Waals surface area contributed by atoms with Gasteiger partial charge in [0.05, 0.1) is 0 Å². The van der Waals surface area contributed by atoms with Crippen molar-refractivity contribution in [1.82, 2.24) is 9.80 Å². The Labute approximate surface area is 111 Å². The summed E-state index contributed by atoms with van der Waals surface area (Å²) in [4.78, 5) is 4.83. The maximum Gasteiger partial charge on any atom is -0.870 e. The number of rotatable bonds is 3. The molecule has 0 bridgehead atoms. The molecule has 1 aliphatic heterocycles. The molecule has 1 heterocycles. The minimum absolute atomic E-state index is 0. The fourth-order valence-electron chi connectivity index (χ4n) is 2.26. The third kappa shape index (κ3) is 4.42. The van der Waals surface area contributed by atoms with Gasteiger partial charge in [0.25, 0.3) is 0 Å². The quantitative estimate of drug-likeness (QED) is 0.720. The molecule has 2 rings (SSSR count). The summed E-state index contributed by atoms with van der Waals surface area (Å²) < 4.78 is 0. The van der Waals surface area contributed by atoms with Crippen molar-refractivity contribution in [3.8, 4) is 0 Å². The minimum Gasteiger partial charge on any atom is -0.870 e. The van der Waals surface area contributed by atoms with Gasteiger partial charge in [0, 0.05) is 0 Å². The van der Waals surface area contributed by atoms with Crippen LogP contribution in [-0.2, 0) is 6.54 Å². The molecule has 1 fully saturated rings. The van der Waals surface area contributed by atoms with Crippen molar-refractivity contribution in [3.05, 3.63) is 29.8 Å². The second kappa shape index (κ2) is 7.54. The van der Waals surface area contributed by atoms with E-state index in [4.69, 9.17) is 7.85 Å². The van der Waals surface area contributed by atoms with E-state index in [2.05, 4.69) is 36.0 Å². The van der Waals surface area contributed by atoms with Crippen molar-refractivity contribution in [2.45, 2.75) is 19.0 Å². The molecule has 0 spiro atoms. The van der Waals surface area contributed by atoms with Crippen LogP contribution >= 0.6 is 0 Å². The molecule has 0 aliphatic carbocycles. The van der Waals surface area contributed by atoms with Gasteiger partial charge in [-0.25, -0.2) is 0 Å². The zero-order valence-electron chi connectivity index (χ0n) is 11.1. The number of nitrogens with zero attached hydrogens (tertiary/aromatic N) is 2. The van der Waals surface area contributed by atoms with Crippen LogP contribution in [0.3, 0.4) is 0 Å². The van der Waals surface area contributed by atoms with Crippen LogP contribution in [0.2, 0.25) is 0 Å². The first-order chi connectivity index (χ1) is 7.65. The molecule has 0 radical (unpaired) electrons. The molecule has 98 valence electrons. The molecular weight excluding hydrogens is 227 g/mol. The Hall–Kier alpha value is -0.875. The van der Waals surface area contributed by atoms with Crippen LogP contribution < -0.4 is 5.46 Å². The maximum atomic E-state index is 5.68. The Kier molecular flexibility index (Phi) is 7.17. The Bertz CT molecular complexity index is 343. The van der Waals surface area contributed by atoms with Gasteiger partial charge in [-0.1, -0.05) is 0 Å². The number of benzene rings is 1. The zero-order valence-corrected chi connectivity index (χ0v) is 11.1. The predicted molar refractivity (Wildman–Crippen MR) is 73.1 cm³/mol. The summed E-state index contributed by atoms with van der Waals surface area (Å²) in [6.07, 6.45) is 1.28. The Morgan fingerprint density at radius 2 is 1.83 bits per heavy atom. The molecule has 18 heavy (non-hydrogen) atoms. The molecule has 5 heteroatoms. The van der Waals surface area contributed by atoms with E-state index in [0.29, 0.717) is 6.04 Å². The smallest absolute Gasteiger partial charge is 0.870 e. The standard InChI is InChI=1S/C13H19BN2.2H2O/c1-15(2)13-7-8-16(10-13)9-11-3-5-12(14)6-4-11;;/h3-6,13H,7-10H2,1-2H3;2*1H2/q+2;;/p-2/t13-;;/m0../s1. The van der Waals surface area contributed by atoms with Crippen molar-refractivity contribution in [1.29, 1.82) is 0 Å². The van der Waals surface area contributed by atoms with Gasteiger partial charge in [-0.15, -0.1) is 0 Å². The van der Waals surface area contributed by atoms with Crippen molar-refractivity contribution in [3.63, 3.8) is 0 Å². The monoisotopic (exact) mass is 248 g/mol. The molecular formula is C13H21BN2O2. The maximum absolute atomic E-state index is 5.68. The fourth-order valence-corrected chi connectivity index (χ4v) is 2.26. The molecule has 4 nitrogen and oxygen atoms in total. The molecule has 1 aromatic rings. The van der Waals surface area contributed by atoms with Crippen molar-refractivity contribution in [2.75, 3.05) is 27.2 Å². The summed E-state index contributed by atoms with van der Waals surface area (Å²) in [6, 6.07) is 8.93. The molecule has 1 aliphatic rings. The van der Waals surface area contributed by atoms with Gasteiger partial charge >= 0.3 is 99.1 Å². The summed E-state index contributed by atoms with van der Waals surface area (Å²) in [7, 11) is 10.0. The van der Waals surface area contributed by atoms with Gasteiger partial charge in [0.15, 0.2) is 0 Å². The van der Waals surface area contributed by atoms with Crippen LogP contribution in [-0.4, -0.2) is 61.8 Å². The van der Waals surface area contributed by atoms with Crippen molar-refractivity contribution >= 4 is 13.3 Å². The third-order valence-electron chi connectivity index (χ3n) is 3.36. The predicted octanol–water partition coefficient (Wildman–Crippen LogP) is 0.263. The van der Waals surface area contributed by atoms with E-state index in [1.807, 2.05) is 12.1 Å². The van der Waals surface area contributed by atoms with Crippen LogP contribution in [0.15, 0.2) is 24.3 Å². The largest absolute Gasteiger partial charge is 0.870 e. The minimum atomic E-state index is 0. The summed E-state index contributed by atoms with van der Waals surface area (Å²) in [5.74, 6) is 0.